The van der Waals surface area contributed by atoms with Crippen LogP contribution < -0.4 is 4.74 Å². The van der Waals surface area contributed by atoms with Crippen LogP contribution in [0.1, 0.15) is 52.5 Å². The molecular weight excluding hydrogens is 352 g/mol. The summed E-state index contributed by atoms with van der Waals surface area (Å²) >= 11 is 0. The van der Waals surface area contributed by atoms with Crippen molar-refractivity contribution in [3.05, 3.63) is 29.8 Å². The lowest BCUT2D eigenvalue weighted by Crippen LogP contribution is -2.36. The molecule has 0 N–H and O–H groups in total. The lowest BCUT2D eigenvalue weighted by molar-refractivity contribution is -0.158. The second-order valence-electron chi connectivity index (χ2n) is 9.21. The maximum absolute atomic E-state index is 12.8. The molecule has 0 saturated heterocycles. The monoisotopic (exact) mass is 388 g/mol. The first-order chi connectivity index (χ1) is 13.4. The number of methoxy groups -OCH3 is 1. The third kappa shape index (κ3) is 5.08. The van der Waals surface area contributed by atoms with Crippen molar-refractivity contribution in [1.29, 1.82) is 0 Å². The number of benzene rings is 1. The normalized spacial score (nSPS) is 32.2. The van der Waals surface area contributed by atoms with Gasteiger partial charge in [-0.05, 0) is 60.1 Å². The Kier molecular flexibility index (Phi) is 7.03. The Balaban J connectivity index is 1.45. The molecule has 1 aromatic carbocycles. The molecule has 2 fully saturated rings. The molecule has 2 aliphatic carbocycles. The maximum atomic E-state index is 12.8. The minimum atomic E-state index is -0.00435. The fourth-order valence-electron chi connectivity index (χ4n) is 4.70. The summed E-state index contributed by atoms with van der Waals surface area (Å²) in [6.07, 6.45) is 3.52. The van der Waals surface area contributed by atoms with E-state index in [0.29, 0.717) is 36.9 Å². The van der Waals surface area contributed by atoms with Gasteiger partial charge in [-0.1, -0.05) is 46.2 Å². The molecule has 0 bridgehead atoms. The highest BCUT2D eigenvalue weighted by Crippen LogP contribution is 2.48. The highest BCUT2D eigenvalue weighted by Gasteiger charge is 2.53. The van der Waals surface area contributed by atoms with Gasteiger partial charge in [0, 0.05) is 0 Å². The van der Waals surface area contributed by atoms with Crippen molar-refractivity contribution in [2.24, 2.45) is 35.5 Å². The van der Waals surface area contributed by atoms with Crippen molar-refractivity contribution in [2.45, 2.75) is 59.7 Å². The van der Waals surface area contributed by atoms with Gasteiger partial charge >= 0.3 is 5.97 Å². The minimum absolute atomic E-state index is 0.000845. The van der Waals surface area contributed by atoms with Crippen molar-refractivity contribution in [3.63, 3.8) is 0 Å². The van der Waals surface area contributed by atoms with Crippen LogP contribution in [0.2, 0.25) is 0 Å². The number of ether oxygens (including phenoxy) is 3. The topological polar surface area (TPSA) is 44.8 Å². The van der Waals surface area contributed by atoms with E-state index in [-0.39, 0.29) is 23.9 Å². The zero-order chi connectivity index (χ0) is 20.3. The molecule has 3 rings (SSSR count). The van der Waals surface area contributed by atoms with Gasteiger partial charge in [0.05, 0.1) is 26.2 Å². The van der Waals surface area contributed by atoms with Gasteiger partial charge in [-0.25, -0.2) is 0 Å². The van der Waals surface area contributed by atoms with Crippen LogP contribution in [0.15, 0.2) is 24.3 Å². The standard InChI is InChI=1S/C24H36O4/c1-15(2)20-11-6-16(3)12-22(20)28-24(25)23-17(4)21(23)14-27-13-18-7-9-19(26-5)10-8-18/h7-10,15-17,20-23H,6,11-14H2,1-5H3. The fourth-order valence-corrected chi connectivity index (χ4v) is 4.70. The Morgan fingerprint density at radius 3 is 2.50 bits per heavy atom. The Bertz CT molecular complexity index is 639. The van der Waals surface area contributed by atoms with E-state index in [9.17, 15) is 4.79 Å². The molecule has 2 saturated carbocycles. The van der Waals surface area contributed by atoms with E-state index >= 15 is 0 Å². The average Bonchev–Trinajstić information content (AvgIpc) is 3.31. The molecule has 28 heavy (non-hydrogen) atoms. The molecule has 6 unspecified atom stereocenters. The molecule has 4 heteroatoms. The summed E-state index contributed by atoms with van der Waals surface area (Å²) in [4.78, 5) is 12.8. The van der Waals surface area contributed by atoms with E-state index in [1.54, 1.807) is 7.11 Å². The van der Waals surface area contributed by atoms with Crippen LogP contribution in [0.4, 0.5) is 0 Å². The molecule has 0 spiro atoms. The molecule has 0 aliphatic heterocycles. The lowest BCUT2D eigenvalue weighted by atomic mass is 9.75. The van der Waals surface area contributed by atoms with Crippen LogP contribution in [0.25, 0.3) is 0 Å². The molecule has 4 nitrogen and oxygen atoms in total. The Morgan fingerprint density at radius 1 is 1.14 bits per heavy atom. The van der Waals surface area contributed by atoms with Gasteiger partial charge in [-0.3, -0.25) is 4.79 Å². The van der Waals surface area contributed by atoms with E-state index < -0.39 is 0 Å². The molecule has 2 aliphatic rings. The summed E-state index contributed by atoms with van der Waals surface area (Å²) in [5.74, 6) is 3.18. The summed E-state index contributed by atoms with van der Waals surface area (Å²) in [7, 11) is 1.66. The van der Waals surface area contributed by atoms with E-state index in [0.717, 1.165) is 17.7 Å². The number of rotatable bonds is 8. The zero-order valence-electron chi connectivity index (χ0n) is 18.0. The fraction of sp³-hybridized carbons (Fsp3) is 0.708. The number of carbonyl (C=O) groups excluding carboxylic acids is 1. The van der Waals surface area contributed by atoms with Crippen LogP contribution in [0.5, 0.6) is 5.75 Å². The van der Waals surface area contributed by atoms with Gasteiger partial charge in [-0.2, -0.15) is 0 Å². The number of hydrogen-bond donors (Lipinski definition) is 0. The summed E-state index contributed by atoms with van der Waals surface area (Å²) in [6, 6.07) is 7.90. The lowest BCUT2D eigenvalue weighted by Gasteiger charge is -2.36. The summed E-state index contributed by atoms with van der Waals surface area (Å²) in [6.45, 7) is 10.1. The zero-order valence-corrected chi connectivity index (χ0v) is 18.0. The molecular formula is C24H36O4. The van der Waals surface area contributed by atoms with Gasteiger partial charge in [0.25, 0.3) is 0 Å². The number of esters is 1. The van der Waals surface area contributed by atoms with Crippen LogP contribution in [0.3, 0.4) is 0 Å². The number of carbonyl (C=O) groups is 1. The quantitative estimate of drug-likeness (QED) is 0.581. The van der Waals surface area contributed by atoms with Gasteiger partial charge in [0.2, 0.25) is 0 Å². The molecule has 1 aromatic rings. The summed E-state index contributed by atoms with van der Waals surface area (Å²) in [5.41, 5.74) is 1.11. The van der Waals surface area contributed by atoms with Gasteiger partial charge < -0.3 is 14.2 Å². The van der Waals surface area contributed by atoms with Crippen molar-refractivity contribution in [1.82, 2.24) is 0 Å². The third-order valence-corrected chi connectivity index (χ3v) is 6.80. The van der Waals surface area contributed by atoms with E-state index in [1.165, 1.54) is 12.8 Å². The second kappa shape index (κ2) is 9.30. The molecule has 6 atom stereocenters. The first kappa shape index (κ1) is 21.2. The van der Waals surface area contributed by atoms with Gasteiger partial charge in [0.1, 0.15) is 11.9 Å². The van der Waals surface area contributed by atoms with E-state index in [4.69, 9.17) is 14.2 Å². The Morgan fingerprint density at radius 2 is 1.86 bits per heavy atom. The van der Waals surface area contributed by atoms with Crippen molar-refractivity contribution >= 4 is 5.97 Å². The Labute approximate surface area is 169 Å². The van der Waals surface area contributed by atoms with Crippen molar-refractivity contribution in [3.8, 4) is 5.75 Å². The average molecular weight is 389 g/mol. The minimum Gasteiger partial charge on any atom is -0.497 e. The Hall–Kier alpha value is -1.55. The van der Waals surface area contributed by atoms with Crippen LogP contribution in [0, 0.1) is 35.5 Å². The second-order valence-corrected chi connectivity index (χ2v) is 9.21. The predicted molar refractivity (Wildman–Crippen MR) is 110 cm³/mol. The number of hydrogen-bond acceptors (Lipinski definition) is 4. The third-order valence-electron chi connectivity index (χ3n) is 6.80. The first-order valence-corrected chi connectivity index (χ1v) is 10.8. The van der Waals surface area contributed by atoms with Crippen LogP contribution >= 0.6 is 0 Å². The highest BCUT2D eigenvalue weighted by molar-refractivity contribution is 5.76. The van der Waals surface area contributed by atoms with E-state index in [1.807, 2.05) is 24.3 Å². The highest BCUT2D eigenvalue weighted by atomic mass is 16.5. The van der Waals surface area contributed by atoms with Crippen LogP contribution in [-0.4, -0.2) is 25.8 Å². The summed E-state index contributed by atoms with van der Waals surface area (Å²) in [5, 5.41) is 0. The van der Waals surface area contributed by atoms with E-state index in [2.05, 4.69) is 27.7 Å². The maximum Gasteiger partial charge on any atom is 0.309 e. The SMILES string of the molecule is COc1ccc(COCC2C(C)C2C(=O)OC2CC(C)CCC2C(C)C)cc1. The van der Waals surface area contributed by atoms with Gasteiger partial charge in [-0.15, -0.1) is 0 Å². The summed E-state index contributed by atoms with van der Waals surface area (Å²) < 4.78 is 17.1. The molecule has 0 aromatic heterocycles. The molecule has 0 heterocycles. The predicted octanol–water partition coefficient (Wildman–Crippen LogP) is 5.10. The largest absolute Gasteiger partial charge is 0.497 e. The molecule has 0 amide bonds. The molecule has 0 radical (unpaired) electrons. The van der Waals surface area contributed by atoms with Crippen LogP contribution in [-0.2, 0) is 20.9 Å². The van der Waals surface area contributed by atoms with Crippen molar-refractivity contribution < 1.29 is 19.0 Å². The molecule has 156 valence electrons. The van der Waals surface area contributed by atoms with Gasteiger partial charge in [0.15, 0.2) is 0 Å². The first-order valence-electron chi connectivity index (χ1n) is 10.8. The smallest absolute Gasteiger partial charge is 0.309 e. The van der Waals surface area contributed by atoms with Crippen molar-refractivity contribution in [2.75, 3.05) is 13.7 Å².